The molecule has 2 aromatic carbocycles. The molecule has 6 nitrogen and oxygen atoms in total. The minimum absolute atomic E-state index is 0.266. The van der Waals surface area contributed by atoms with Crippen molar-refractivity contribution >= 4 is 6.09 Å². The summed E-state index contributed by atoms with van der Waals surface area (Å²) in [5.74, 6) is 2.29. The number of fused-ring (bicyclic) bond motifs is 2. The molecule has 1 amide bonds. The summed E-state index contributed by atoms with van der Waals surface area (Å²) < 4.78 is 22.4. The lowest BCUT2D eigenvalue weighted by molar-refractivity contribution is 0.140. The van der Waals surface area contributed by atoms with Crippen LogP contribution in [0.4, 0.5) is 4.79 Å². The van der Waals surface area contributed by atoms with Crippen LogP contribution in [0.1, 0.15) is 22.3 Å². The summed E-state index contributed by atoms with van der Waals surface area (Å²) in [5.41, 5.74) is 4.53. The Bertz CT molecular complexity index is 799. The highest BCUT2D eigenvalue weighted by Crippen LogP contribution is 2.49. The first-order chi connectivity index (χ1) is 13.3. The minimum atomic E-state index is -0.409. The zero-order chi connectivity index (χ0) is 18.6. The van der Waals surface area contributed by atoms with E-state index in [1.165, 1.54) is 16.7 Å². The summed E-state index contributed by atoms with van der Waals surface area (Å²) in [6.07, 6.45) is 2.01. The molecule has 2 aromatic rings. The Morgan fingerprint density at radius 2 is 1.74 bits per heavy atom. The van der Waals surface area contributed by atoms with Crippen LogP contribution in [-0.4, -0.2) is 33.0 Å². The Hall–Kier alpha value is -2.89. The third-order valence-corrected chi connectivity index (χ3v) is 4.95. The maximum absolute atomic E-state index is 12.0. The topological polar surface area (TPSA) is 66.0 Å². The molecule has 0 fully saturated rings. The van der Waals surface area contributed by atoms with Crippen LogP contribution in [0.15, 0.2) is 30.3 Å². The van der Waals surface area contributed by atoms with Crippen LogP contribution in [0.2, 0.25) is 0 Å². The average Bonchev–Trinajstić information content (AvgIpc) is 3.36. The van der Waals surface area contributed by atoms with Gasteiger partial charge in [-0.15, -0.1) is 0 Å². The van der Waals surface area contributed by atoms with E-state index in [0.717, 1.165) is 29.9 Å². The first-order valence-electron chi connectivity index (χ1n) is 9.22. The Balaban J connectivity index is 1.40. The fraction of sp³-hybridized carbons (Fsp3) is 0.381. The number of hydrogen-bond donors (Lipinski definition) is 1. The van der Waals surface area contributed by atoms with Crippen molar-refractivity contribution in [2.75, 3.05) is 26.9 Å². The van der Waals surface area contributed by atoms with E-state index < -0.39 is 6.09 Å². The van der Waals surface area contributed by atoms with E-state index in [2.05, 4.69) is 5.32 Å². The number of carbonyl (C=O) groups excluding carboxylic acids is 1. The quantitative estimate of drug-likeness (QED) is 0.848. The van der Waals surface area contributed by atoms with E-state index in [1.54, 1.807) is 7.11 Å². The second-order valence-corrected chi connectivity index (χ2v) is 6.56. The Morgan fingerprint density at radius 3 is 2.37 bits per heavy atom. The molecule has 0 bridgehead atoms. The van der Waals surface area contributed by atoms with Gasteiger partial charge in [0, 0.05) is 30.5 Å². The Morgan fingerprint density at radius 1 is 1.07 bits per heavy atom. The highest BCUT2D eigenvalue weighted by molar-refractivity contribution is 5.68. The molecule has 0 unspecified atom stereocenters. The van der Waals surface area contributed by atoms with Gasteiger partial charge in [0.05, 0.1) is 20.3 Å². The first kappa shape index (κ1) is 17.5. The number of alkyl carbamates (subject to hydrolysis) is 1. The van der Waals surface area contributed by atoms with Crippen LogP contribution in [0, 0.1) is 0 Å². The Kier molecular flexibility index (Phi) is 5.05. The van der Waals surface area contributed by atoms with E-state index in [0.29, 0.717) is 31.9 Å². The van der Waals surface area contributed by atoms with E-state index in [-0.39, 0.29) is 6.61 Å². The van der Waals surface area contributed by atoms with Gasteiger partial charge < -0.3 is 24.3 Å². The average molecular weight is 369 g/mol. The number of rotatable bonds is 6. The second kappa shape index (κ2) is 7.78. The molecule has 0 aromatic heterocycles. The van der Waals surface area contributed by atoms with Gasteiger partial charge in [0.2, 0.25) is 5.75 Å². The van der Waals surface area contributed by atoms with Gasteiger partial charge in [-0.2, -0.15) is 0 Å². The van der Waals surface area contributed by atoms with Crippen molar-refractivity contribution in [1.82, 2.24) is 5.32 Å². The van der Waals surface area contributed by atoms with Crippen molar-refractivity contribution in [3.63, 3.8) is 0 Å². The predicted molar refractivity (Wildman–Crippen MR) is 99.7 cm³/mol. The van der Waals surface area contributed by atoms with Crippen molar-refractivity contribution in [3.05, 3.63) is 52.6 Å². The number of ether oxygens (including phenoxy) is 4. The van der Waals surface area contributed by atoms with E-state index in [1.807, 2.05) is 30.3 Å². The number of nitrogens with one attached hydrogen (secondary N) is 1. The monoisotopic (exact) mass is 369 g/mol. The fourth-order valence-corrected chi connectivity index (χ4v) is 3.73. The van der Waals surface area contributed by atoms with Crippen molar-refractivity contribution in [2.24, 2.45) is 0 Å². The molecule has 0 spiro atoms. The molecule has 142 valence electrons. The van der Waals surface area contributed by atoms with Crippen LogP contribution in [0.3, 0.4) is 0 Å². The lowest BCUT2D eigenvalue weighted by Crippen LogP contribution is -2.26. The summed E-state index contributed by atoms with van der Waals surface area (Å²) in [6, 6.07) is 9.63. The molecule has 0 aliphatic carbocycles. The van der Waals surface area contributed by atoms with Crippen molar-refractivity contribution in [3.8, 4) is 17.2 Å². The molecular weight excluding hydrogens is 346 g/mol. The summed E-state index contributed by atoms with van der Waals surface area (Å²) in [6.45, 7) is 2.06. The highest BCUT2D eigenvalue weighted by Gasteiger charge is 2.31. The van der Waals surface area contributed by atoms with Crippen LogP contribution < -0.4 is 19.5 Å². The maximum Gasteiger partial charge on any atom is 0.407 e. The van der Waals surface area contributed by atoms with Crippen molar-refractivity contribution in [1.29, 1.82) is 0 Å². The minimum Gasteiger partial charge on any atom is -0.490 e. The van der Waals surface area contributed by atoms with E-state index in [4.69, 9.17) is 18.9 Å². The van der Waals surface area contributed by atoms with Gasteiger partial charge in [-0.3, -0.25) is 0 Å². The summed E-state index contributed by atoms with van der Waals surface area (Å²) in [5, 5.41) is 2.84. The number of amides is 1. The highest BCUT2D eigenvalue weighted by atomic mass is 16.5. The molecule has 4 rings (SSSR count). The van der Waals surface area contributed by atoms with Gasteiger partial charge >= 0.3 is 6.09 Å². The van der Waals surface area contributed by atoms with Gasteiger partial charge in [-0.1, -0.05) is 30.3 Å². The molecule has 6 heteroatoms. The van der Waals surface area contributed by atoms with Crippen LogP contribution in [0.25, 0.3) is 0 Å². The number of methoxy groups -OCH3 is 1. The molecule has 0 atom stereocenters. The van der Waals surface area contributed by atoms with Crippen molar-refractivity contribution < 1.29 is 23.7 Å². The molecule has 1 N–H and O–H groups in total. The SMILES string of the molecule is COc1c2c(c(CCNC(=O)OCc3ccccc3)c3c1OCC3)CCO2. The van der Waals surface area contributed by atoms with Gasteiger partial charge in [0.25, 0.3) is 0 Å². The molecule has 0 saturated carbocycles. The van der Waals surface area contributed by atoms with Gasteiger partial charge in [-0.05, 0) is 17.5 Å². The third kappa shape index (κ3) is 3.52. The molecule has 2 aliphatic heterocycles. The Labute approximate surface area is 158 Å². The summed E-state index contributed by atoms with van der Waals surface area (Å²) in [4.78, 5) is 12.0. The number of hydrogen-bond acceptors (Lipinski definition) is 5. The van der Waals surface area contributed by atoms with E-state index in [9.17, 15) is 4.79 Å². The summed E-state index contributed by atoms with van der Waals surface area (Å²) in [7, 11) is 1.64. The smallest absolute Gasteiger partial charge is 0.407 e. The third-order valence-electron chi connectivity index (χ3n) is 4.95. The zero-order valence-electron chi connectivity index (χ0n) is 15.4. The molecule has 2 aliphatic rings. The molecule has 27 heavy (non-hydrogen) atoms. The number of carbonyl (C=O) groups is 1. The van der Waals surface area contributed by atoms with Gasteiger partial charge in [-0.25, -0.2) is 4.79 Å². The largest absolute Gasteiger partial charge is 0.490 e. The van der Waals surface area contributed by atoms with E-state index >= 15 is 0 Å². The maximum atomic E-state index is 12.0. The molecular formula is C21H23NO5. The van der Waals surface area contributed by atoms with Gasteiger partial charge in [0.15, 0.2) is 11.5 Å². The lowest BCUT2D eigenvalue weighted by atomic mass is 9.94. The first-order valence-corrected chi connectivity index (χ1v) is 9.22. The lowest BCUT2D eigenvalue weighted by Gasteiger charge is -2.16. The summed E-state index contributed by atoms with van der Waals surface area (Å²) >= 11 is 0. The number of benzene rings is 2. The van der Waals surface area contributed by atoms with Gasteiger partial charge in [0.1, 0.15) is 6.61 Å². The van der Waals surface area contributed by atoms with Crippen molar-refractivity contribution in [2.45, 2.75) is 25.9 Å². The van der Waals surface area contributed by atoms with Crippen LogP contribution in [-0.2, 0) is 30.6 Å². The zero-order valence-corrected chi connectivity index (χ0v) is 15.4. The normalized spacial score (nSPS) is 14.0. The van der Waals surface area contributed by atoms with Crippen LogP contribution >= 0.6 is 0 Å². The predicted octanol–water partition coefficient (Wildman–Crippen LogP) is 3.03. The second-order valence-electron chi connectivity index (χ2n) is 6.56. The molecule has 2 heterocycles. The standard InChI is InChI=1S/C21H23NO5/c1-24-20-18-16(8-11-25-18)15(17-9-12-26-19(17)20)7-10-22-21(23)27-13-14-5-3-2-4-6-14/h2-6H,7-13H2,1H3,(H,22,23). The molecule has 0 radical (unpaired) electrons. The fourth-order valence-electron chi connectivity index (χ4n) is 3.73. The van der Waals surface area contributed by atoms with Crippen LogP contribution in [0.5, 0.6) is 17.2 Å². The molecule has 0 saturated heterocycles.